The Morgan fingerprint density at radius 1 is 1.24 bits per heavy atom. The van der Waals surface area contributed by atoms with Crippen molar-refractivity contribution in [1.29, 1.82) is 0 Å². The molecule has 6 nitrogen and oxygen atoms in total. The van der Waals surface area contributed by atoms with Gasteiger partial charge in [0.25, 0.3) is 0 Å². The summed E-state index contributed by atoms with van der Waals surface area (Å²) in [5.41, 5.74) is 3.80. The highest BCUT2D eigenvalue weighted by Gasteiger charge is 2.21. The van der Waals surface area contributed by atoms with Crippen LogP contribution in [0.4, 0.5) is 5.69 Å². The standard InChI is InChI=1S/C19H30N4O2/c1-5-10-20-18(24)19(25)21-13-17(22(2)3)15-8-9-16-14(12-15)7-6-11-23(16)4/h8-9,12,17H,5-7,10-11,13H2,1-4H3,(H,20,24)(H,21,25). The van der Waals surface area contributed by atoms with Gasteiger partial charge in [-0.15, -0.1) is 0 Å². The molecule has 6 heteroatoms. The van der Waals surface area contributed by atoms with Crippen LogP contribution in [0.2, 0.25) is 0 Å². The third kappa shape index (κ3) is 4.95. The molecule has 1 aromatic rings. The van der Waals surface area contributed by atoms with Crippen molar-refractivity contribution >= 4 is 17.5 Å². The molecular weight excluding hydrogens is 316 g/mol. The fraction of sp³-hybridized carbons (Fsp3) is 0.579. The first-order chi connectivity index (χ1) is 11.9. The monoisotopic (exact) mass is 346 g/mol. The third-order valence-corrected chi connectivity index (χ3v) is 4.66. The van der Waals surface area contributed by atoms with E-state index in [4.69, 9.17) is 0 Å². The summed E-state index contributed by atoms with van der Waals surface area (Å²) in [6.45, 7) is 3.96. The quantitative estimate of drug-likeness (QED) is 0.763. The van der Waals surface area contributed by atoms with Crippen molar-refractivity contribution in [3.05, 3.63) is 29.3 Å². The molecule has 1 aliphatic heterocycles. The number of nitrogens with zero attached hydrogens (tertiary/aromatic N) is 2. The maximum absolute atomic E-state index is 11.9. The Kier molecular flexibility index (Phi) is 6.82. The Hall–Kier alpha value is -2.08. The normalized spacial score (nSPS) is 14.8. The first kappa shape index (κ1) is 19.2. The molecule has 2 N–H and O–H groups in total. The molecule has 1 heterocycles. The van der Waals surface area contributed by atoms with Gasteiger partial charge in [-0.1, -0.05) is 19.1 Å². The van der Waals surface area contributed by atoms with Crippen LogP contribution in [0.5, 0.6) is 0 Å². The minimum absolute atomic E-state index is 0.0282. The highest BCUT2D eigenvalue weighted by Crippen LogP contribution is 2.29. The van der Waals surface area contributed by atoms with Crippen molar-refractivity contribution in [2.24, 2.45) is 0 Å². The van der Waals surface area contributed by atoms with E-state index in [0.717, 1.165) is 31.4 Å². The van der Waals surface area contributed by atoms with Crippen LogP contribution >= 0.6 is 0 Å². The lowest BCUT2D eigenvalue weighted by atomic mass is 9.96. The maximum atomic E-state index is 11.9. The summed E-state index contributed by atoms with van der Waals surface area (Å²) in [5.74, 6) is -1.13. The Morgan fingerprint density at radius 2 is 1.96 bits per heavy atom. The van der Waals surface area contributed by atoms with Crippen LogP contribution in [0.3, 0.4) is 0 Å². The molecule has 2 rings (SSSR count). The number of aryl methyl sites for hydroxylation is 1. The van der Waals surface area contributed by atoms with Crippen molar-refractivity contribution < 1.29 is 9.59 Å². The summed E-state index contributed by atoms with van der Waals surface area (Å²) in [5, 5.41) is 5.36. The highest BCUT2D eigenvalue weighted by molar-refractivity contribution is 6.35. The molecule has 25 heavy (non-hydrogen) atoms. The number of anilines is 1. The summed E-state index contributed by atoms with van der Waals surface area (Å²) < 4.78 is 0. The molecule has 0 fully saturated rings. The summed E-state index contributed by atoms with van der Waals surface area (Å²) in [6, 6.07) is 6.55. The van der Waals surface area contributed by atoms with Crippen LogP contribution in [0.15, 0.2) is 18.2 Å². The number of benzene rings is 1. The predicted molar refractivity (Wildman–Crippen MR) is 101 cm³/mol. The van der Waals surface area contributed by atoms with Gasteiger partial charge in [0, 0.05) is 32.4 Å². The summed E-state index contributed by atoms with van der Waals surface area (Å²) in [7, 11) is 6.09. The van der Waals surface area contributed by atoms with Crippen molar-refractivity contribution in [2.45, 2.75) is 32.2 Å². The minimum atomic E-state index is -0.571. The van der Waals surface area contributed by atoms with E-state index >= 15 is 0 Å². The van der Waals surface area contributed by atoms with Crippen molar-refractivity contribution in [3.8, 4) is 0 Å². The number of hydrogen-bond acceptors (Lipinski definition) is 4. The molecule has 1 aliphatic rings. The molecule has 0 radical (unpaired) electrons. The molecule has 1 unspecified atom stereocenters. The zero-order valence-electron chi connectivity index (χ0n) is 15.8. The number of amides is 2. The second-order valence-electron chi connectivity index (χ2n) is 6.86. The zero-order chi connectivity index (χ0) is 18.4. The Morgan fingerprint density at radius 3 is 2.64 bits per heavy atom. The Balaban J connectivity index is 2.06. The molecule has 0 saturated heterocycles. The number of rotatable bonds is 6. The van der Waals surface area contributed by atoms with Crippen LogP contribution in [-0.4, -0.2) is 57.5 Å². The second-order valence-corrected chi connectivity index (χ2v) is 6.86. The van der Waals surface area contributed by atoms with E-state index in [1.54, 1.807) is 0 Å². The van der Waals surface area contributed by atoms with Gasteiger partial charge in [-0.25, -0.2) is 0 Å². The third-order valence-electron chi connectivity index (χ3n) is 4.66. The van der Waals surface area contributed by atoms with Gasteiger partial charge in [0.2, 0.25) is 0 Å². The highest BCUT2D eigenvalue weighted by atomic mass is 16.2. The van der Waals surface area contributed by atoms with Gasteiger partial charge in [-0.2, -0.15) is 0 Å². The number of hydrogen-bond donors (Lipinski definition) is 2. The molecule has 0 bridgehead atoms. The van der Waals surface area contributed by atoms with E-state index in [0.29, 0.717) is 13.1 Å². The minimum Gasteiger partial charge on any atom is -0.374 e. The van der Waals surface area contributed by atoms with Crippen LogP contribution in [0.25, 0.3) is 0 Å². The molecule has 138 valence electrons. The van der Waals surface area contributed by atoms with Crippen LogP contribution < -0.4 is 15.5 Å². The van der Waals surface area contributed by atoms with Gasteiger partial charge in [0.15, 0.2) is 0 Å². The first-order valence-electron chi connectivity index (χ1n) is 9.00. The summed E-state index contributed by atoms with van der Waals surface area (Å²) >= 11 is 0. The van der Waals surface area contributed by atoms with E-state index < -0.39 is 11.8 Å². The van der Waals surface area contributed by atoms with Gasteiger partial charge >= 0.3 is 11.8 Å². The largest absolute Gasteiger partial charge is 0.374 e. The number of carbonyl (C=O) groups excluding carboxylic acids is 2. The zero-order valence-corrected chi connectivity index (χ0v) is 15.8. The van der Waals surface area contributed by atoms with Crippen LogP contribution in [0, 0.1) is 0 Å². The van der Waals surface area contributed by atoms with Gasteiger partial charge in [0.05, 0.1) is 6.04 Å². The van der Waals surface area contributed by atoms with Crippen molar-refractivity contribution in [3.63, 3.8) is 0 Å². The van der Waals surface area contributed by atoms with E-state index in [1.165, 1.54) is 11.3 Å². The van der Waals surface area contributed by atoms with Gasteiger partial charge in [-0.3, -0.25) is 9.59 Å². The lowest BCUT2D eigenvalue weighted by Gasteiger charge is -2.30. The topological polar surface area (TPSA) is 64.7 Å². The molecule has 0 spiro atoms. The molecule has 1 atom stereocenters. The maximum Gasteiger partial charge on any atom is 0.309 e. The molecule has 0 aromatic heterocycles. The molecule has 1 aromatic carbocycles. The molecule has 0 aliphatic carbocycles. The van der Waals surface area contributed by atoms with Gasteiger partial charge < -0.3 is 20.4 Å². The van der Waals surface area contributed by atoms with Crippen molar-refractivity contribution in [2.75, 3.05) is 45.7 Å². The average Bonchev–Trinajstić information content (AvgIpc) is 2.59. The predicted octanol–water partition coefficient (Wildman–Crippen LogP) is 1.31. The number of nitrogens with one attached hydrogen (secondary N) is 2. The van der Waals surface area contributed by atoms with Gasteiger partial charge in [0.1, 0.15) is 0 Å². The van der Waals surface area contributed by atoms with E-state index in [-0.39, 0.29) is 6.04 Å². The summed E-state index contributed by atoms with van der Waals surface area (Å²) in [6.07, 6.45) is 3.05. The van der Waals surface area contributed by atoms with E-state index in [1.807, 2.05) is 21.0 Å². The smallest absolute Gasteiger partial charge is 0.309 e. The number of likely N-dealkylation sites (N-methyl/N-ethyl adjacent to an activating group) is 1. The van der Waals surface area contributed by atoms with Crippen LogP contribution in [-0.2, 0) is 16.0 Å². The van der Waals surface area contributed by atoms with E-state index in [2.05, 4.69) is 45.7 Å². The lowest BCUT2D eigenvalue weighted by Crippen LogP contribution is -2.43. The molecular formula is C19H30N4O2. The molecule has 0 saturated carbocycles. The lowest BCUT2D eigenvalue weighted by molar-refractivity contribution is -0.139. The number of carbonyl (C=O) groups is 2. The fourth-order valence-electron chi connectivity index (χ4n) is 3.20. The average molecular weight is 346 g/mol. The Bertz CT molecular complexity index is 615. The second kappa shape index (κ2) is 8.85. The van der Waals surface area contributed by atoms with E-state index in [9.17, 15) is 9.59 Å². The number of fused-ring (bicyclic) bond motifs is 1. The van der Waals surface area contributed by atoms with Crippen molar-refractivity contribution in [1.82, 2.24) is 15.5 Å². The van der Waals surface area contributed by atoms with Gasteiger partial charge in [-0.05, 0) is 50.6 Å². The Labute approximate surface area is 150 Å². The SMILES string of the molecule is CCCNC(=O)C(=O)NCC(c1ccc2c(c1)CCCN2C)N(C)C. The van der Waals surface area contributed by atoms with Crippen LogP contribution in [0.1, 0.15) is 36.9 Å². The first-order valence-corrected chi connectivity index (χ1v) is 9.00. The molecule has 2 amide bonds. The fourth-order valence-corrected chi connectivity index (χ4v) is 3.20. The summed E-state index contributed by atoms with van der Waals surface area (Å²) in [4.78, 5) is 28.0.